The summed E-state index contributed by atoms with van der Waals surface area (Å²) < 4.78 is 30.2. The Morgan fingerprint density at radius 2 is 1.89 bits per heavy atom. The standard InChI is InChI=1S/C18H16N2O5S3/c1-11-3-6-13(7-4-11)28(23,24)19-20-17(22)16(27-18(20)26)10-12-5-8-14(21)15(9-12)25-2/h3-10,19,21H,1-2H3. The normalized spacial score (nSPS) is 16.1. The van der Waals surface area contributed by atoms with Gasteiger partial charge in [-0.3, -0.25) is 4.79 Å². The van der Waals surface area contributed by atoms with E-state index in [-0.39, 0.29) is 25.6 Å². The number of sulfonamides is 1. The summed E-state index contributed by atoms with van der Waals surface area (Å²) in [5.41, 5.74) is 1.51. The maximum atomic E-state index is 12.6. The van der Waals surface area contributed by atoms with Crippen LogP contribution < -0.4 is 9.57 Å². The van der Waals surface area contributed by atoms with E-state index in [2.05, 4.69) is 4.83 Å². The highest BCUT2D eigenvalue weighted by Crippen LogP contribution is 2.34. The first-order valence-corrected chi connectivity index (χ1v) is 10.7. The van der Waals surface area contributed by atoms with Crippen molar-refractivity contribution in [3.8, 4) is 11.5 Å². The summed E-state index contributed by atoms with van der Waals surface area (Å²) in [5, 5.41) is 10.5. The number of phenols is 1. The number of carbonyl (C=O) groups excluding carboxylic acids is 1. The Bertz CT molecular complexity index is 1080. The second kappa shape index (κ2) is 7.92. The summed E-state index contributed by atoms with van der Waals surface area (Å²) in [6.07, 6.45) is 1.54. The molecule has 0 atom stereocenters. The van der Waals surface area contributed by atoms with Gasteiger partial charge >= 0.3 is 0 Å². The molecule has 0 spiro atoms. The highest BCUT2D eigenvalue weighted by Gasteiger charge is 2.35. The summed E-state index contributed by atoms with van der Waals surface area (Å²) in [4.78, 5) is 15.1. The van der Waals surface area contributed by atoms with E-state index in [9.17, 15) is 18.3 Å². The van der Waals surface area contributed by atoms with Gasteiger partial charge in [-0.25, -0.2) is 13.4 Å². The number of amides is 1. The van der Waals surface area contributed by atoms with Gasteiger partial charge in [-0.2, -0.15) is 0 Å². The predicted octanol–water partition coefficient (Wildman–Crippen LogP) is 2.80. The number of nitrogens with one attached hydrogen (secondary N) is 1. The summed E-state index contributed by atoms with van der Waals surface area (Å²) in [6.45, 7) is 1.84. The van der Waals surface area contributed by atoms with Crippen molar-refractivity contribution in [2.24, 2.45) is 0 Å². The Hall–Kier alpha value is -2.40. The zero-order valence-electron chi connectivity index (χ0n) is 14.9. The van der Waals surface area contributed by atoms with Crippen LogP contribution in [0.3, 0.4) is 0 Å². The number of hydrogen-bond donors (Lipinski definition) is 2. The number of nitrogens with zero attached hydrogens (tertiary/aromatic N) is 1. The van der Waals surface area contributed by atoms with Crippen molar-refractivity contribution in [2.45, 2.75) is 11.8 Å². The van der Waals surface area contributed by atoms with Crippen molar-refractivity contribution in [2.75, 3.05) is 7.11 Å². The minimum absolute atomic E-state index is 0.0272. The van der Waals surface area contributed by atoms with Crippen LogP contribution >= 0.6 is 24.0 Å². The van der Waals surface area contributed by atoms with Crippen LogP contribution in [0.15, 0.2) is 52.3 Å². The number of ether oxygens (including phenoxy) is 1. The molecular formula is C18H16N2O5S3. The number of thiocarbonyl (C=S) groups is 1. The molecular weight excluding hydrogens is 420 g/mol. The lowest BCUT2D eigenvalue weighted by Gasteiger charge is -2.16. The minimum atomic E-state index is -3.96. The molecule has 28 heavy (non-hydrogen) atoms. The van der Waals surface area contributed by atoms with Gasteiger partial charge < -0.3 is 9.84 Å². The zero-order valence-corrected chi connectivity index (χ0v) is 17.3. The van der Waals surface area contributed by atoms with Crippen molar-refractivity contribution in [1.82, 2.24) is 9.84 Å². The molecule has 2 aromatic carbocycles. The Morgan fingerprint density at radius 1 is 1.21 bits per heavy atom. The highest BCUT2D eigenvalue weighted by molar-refractivity contribution is 8.26. The third-order valence-electron chi connectivity index (χ3n) is 3.84. The van der Waals surface area contributed by atoms with Gasteiger partial charge in [0, 0.05) is 0 Å². The lowest BCUT2D eigenvalue weighted by molar-refractivity contribution is -0.123. The number of hydrazine groups is 1. The maximum absolute atomic E-state index is 12.6. The van der Waals surface area contributed by atoms with Crippen LogP contribution in [-0.4, -0.2) is 35.9 Å². The number of benzene rings is 2. The number of thioether (sulfide) groups is 1. The summed E-state index contributed by atoms with van der Waals surface area (Å²) in [5.74, 6) is -0.361. The molecule has 1 aliphatic heterocycles. The van der Waals surface area contributed by atoms with E-state index in [4.69, 9.17) is 17.0 Å². The number of aryl methyl sites for hydroxylation is 1. The largest absolute Gasteiger partial charge is 0.504 e. The summed E-state index contributed by atoms with van der Waals surface area (Å²) in [6, 6.07) is 10.8. The smallest absolute Gasteiger partial charge is 0.281 e. The third kappa shape index (κ3) is 4.20. The molecule has 2 aromatic rings. The van der Waals surface area contributed by atoms with Gasteiger partial charge in [0.2, 0.25) is 0 Å². The number of methoxy groups -OCH3 is 1. The molecule has 0 aliphatic carbocycles. The van der Waals surface area contributed by atoms with Gasteiger partial charge in [0.05, 0.1) is 16.9 Å². The van der Waals surface area contributed by atoms with Crippen LogP contribution in [0.5, 0.6) is 11.5 Å². The first kappa shape index (κ1) is 20.3. The lowest BCUT2D eigenvalue weighted by Crippen LogP contribution is -2.44. The Labute approximate surface area is 172 Å². The monoisotopic (exact) mass is 436 g/mol. The molecule has 0 unspecified atom stereocenters. The highest BCUT2D eigenvalue weighted by atomic mass is 32.2. The van der Waals surface area contributed by atoms with Gasteiger partial charge in [0.25, 0.3) is 15.9 Å². The number of phenolic OH excluding ortho intramolecular Hbond substituents is 1. The third-order valence-corrected chi connectivity index (χ3v) is 6.46. The van der Waals surface area contributed by atoms with E-state index in [1.807, 2.05) is 6.92 Å². The first-order valence-electron chi connectivity index (χ1n) is 7.95. The number of aromatic hydroxyl groups is 1. The minimum Gasteiger partial charge on any atom is -0.504 e. The van der Waals surface area contributed by atoms with E-state index in [1.165, 1.54) is 25.3 Å². The molecule has 1 amide bonds. The second-order valence-corrected chi connectivity index (χ2v) is 9.19. The Morgan fingerprint density at radius 3 is 2.54 bits per heavy atom. The van der Waals surface area contributed by atoms with Crippen molar-refractivity contribution < 1.29 is 23.1 Å². The van der Waals surface area contributed by atoms with E-state index in [0.717, 1.165) is 22.3 Å². The average Bonchev–Trinajstić information content (AvgIpc) is 2.90. The van der Waals surface area contributed by atoms with Crippen LogP contribution in [0.2, 0.25) is 0 Å². The zero-order chi connectivity index (χ0) is 20.5. The number of hydrogen-bond acceptors (Lipinski definition) is 7. The quantitative estimate of drug-likeness (QED) is 0.550. The van der Waals surface area contributed by atoms with E-state index < -0.39 is 15.9 Å². The molecule has 1 saturated heterocycles. The van der Waals surface area contributed by atoms with Crippen molar-refractivity contribution in [3.63, 3.8) is 0 Å². The van der Waals surface area contributed by atoms with E-state index in [1.54, 1.807) is 30.3 Å². The first-order chi connectivity index (χ1) is 13.2. The number of rotatable bonds is 5. The molecule has 10 heteroatoms. The SMILES string of the molecule is COc1cc(C=C2SC(=S)N(NS(=O)(=O)c3ccc(C)cc3)C2=O)ccc1O. The lowest BCUT2D eigenvalue weighted by atomic mass is 10.2. The van der Waals surface area contributed by atoms with E-state index in [0.29, 0.717) is 5.56 Å². The molecule has 0 aromatic heterocycles. The van der Waals surface area contributed by atoms with Crippen LogP contribution in [0.4, 0.5) is 0 Å². The maximum Gasteiger partial charge on any atom is 0.281 e. The molecule has 0 saturated carbocycles. The van der Waals surface area contributed by atoms with E-state index >= 15 is 0 Å². The summed E-state index contributed by atoms with van der Waals surface area (Å²) >= 11 is 6.13. The van der Waals surface area contributed by atoms with Gasteiger partial charge in [-0.05, 0) is 42.8 Å². The van der Waals surface area contributed by atoms with Gasteiger partial charge in [0.1, 0.15) is 0 Å². The van der Waals surface area contributed by atoms with Crippen LogP contribution in [0.1, 0.15) is 11.1 Å². The molecule has 0 radical (unpaired) electrons. The molecule has 0 bridgehead atoms. The van der Waals surface area contributed by atoms with Gasteiger partial charge in [-0.15, -0.1) is 4.83 Å². The fourth-order valence-electron chi connectivity index (χ4n) is 2.37. The molecule has 1 heterocycles. The fraction of sp³-hybridized carbons (Fsp3) is 0.111. The fourth-order valence-corrected chi connectivity index (χ4v) is 4.68. The Balaban J connectivity index is 1.84. The predicted molar refractivity (Wildman–Crippen MR) is 111 cm³/mol. The van der Waals surface area contributed by atoms with Crippen LogP contribution in [0.25, 0.3) is 6.08 Å². The van der Waals surface area contributed by atoms with Crippen molar-refractivity contribution in [3.05, 3.63) is 58.5 Å². The molecule has 7 nitrogen and oxygen atoms in total. The summed E-state index contributed by atoms with van der Waals surface area (Å²) in [7, 11) is -2.55. The average molecular weight is 437 g/mol. The molecule has 2 N–H and O–H groups in total. The molecule has 1 fully saturated rings. The van der Waals surface area contributed by atoms with Crippen LogP contribution in [-0.2, 0) is 14.8 Å². The topological polar surface area (TPSA) is 95.9 Å². The van der Waals surface area contributed by atoms with Crippen molar-refractivity contribution >= 4 is 50.3 Å². The van der Waals surface area contributed by atoms with Crippen molar-refractivity contribution in [1.29, 1.82) is 0 Å². The second-order valence-electron chi connectivity index (χ2n) is 5.86. The van der Waals surface area contributed by atoms with Crippen LogP contribution in [0, 0.1) is 6.92 Å². The molecule has 146 valence electrons. The van der Waals surface area contributed by atoms with Gasteiger partial charge in [-0.1, -0.05) is 47.7 Å². The molecule has 3 rings (SSSR count). The Kier molecular flexibility index (Phi) is 5.75. The molecule has 1 aliphatic rings. The van der Waals surface area contributed by atoms with Gasteiger partial charge in [0.15, 0.2) is 15.8 Å². The number of carbonyl (C=O) groups is 1.